The van der Waals surface area contributed by atoms with Gasteiger partial charge in [0.25, 0.3) is 0 Å². The average molecular weight is 282 g/mol. The van der Waals surface area contributed by atoms with Crippen molar-refractivity contribution in [1.82, 2.24) is 9.88 Å². The molecule has 1 unspecified atom stereocenters. The van der Waals surface area contributed by atoms with E-state index in [4.69, 9.17) is 0 Å². The third-order valence-electron chi connectivity index (χ3n) is 4.24. The Morgan fingerprint density at radius 3 is 2.63 bits per heavy atom. The van der Waals surface area contributed by atoms with Crippen molar-refractivity contribution in [2.45, 2.75) is 65.0 Å². The molecule has 0 spiro atoms. The molecule has 19 heavy (non-hydrogen) atoms. The van der Waals surface area contributed by atoms with E-state index in [1.54, 1.807) is 11.3 Å². The molecule has 2 rings (SSSR count). The van der Waals surface area contributed by atoms with Crippen LogP contribution in [0.15, 0.2) is 0 Å². The van der Waals surface area contributed by atoms with Crippen LogP contribution >= 0.6 is 11.3 Å². The van der Waals surface area contributed by atoms with Gasteiger partial charge in [-0.3, -0.25) is 0 Å². The van der Waals surface area contributed by atoms with E-state index in [9.17, 15) is 5.11 Å². The largest absolute Gasteiger partial charge is 0.389 e. The molecule has 108 valence electrons. The molecule has 4 heteroatoms. The summed E-state index contributed by atoms with van der Waals surface area (Å²) in [6.07, 6.45) is 3.56. The number of likely N-dealkylation sites (tertiary alicyclic amines) is 1. The third-order valence-corrected chi connectivity index (χ3v) is 5.31. The Kier molecular flexibility index (Phi) is 4.64. The van der Waals surface area contributed by atoms with Crippen LogP contribution in [0, 0.1) is 13.8 Å². The summed E-state index contributed by atoms with van der Waals surface area (Å²) in [5.41, 5.74) is 0.557. The number of aliphatic hydroxyl groups is 1. The van der Waals surface area contributed by atoms with Gasteiger partial charge in [0.1, 0.15) is 0 Å². The van der Waals surface area contributed by atoms with Crippen molar-refractivity contribution in [3.05, 3.63) is 15.6 Å². The number of rotatable bonds is 3. The number of aromatic nitrogens is 1. The Hall–Kier alpha value is -0.450. The molecule has 0 aliphatic carbocycles. The van der Waals surface area contributed by atoms with Crippen molar-refractivity contribution in [2.75, 3.05) is 13.1 Å². The van der Waals surface area contributed by atoms with Gasteiger partial charge in [-0.15, -0.1) is 11.3 Å². The van der Waals surface area contributed by atoms with E-state index in [0.717, 1.165) is 49.5 Å². The summed E-state index contributed by atoms with van der Waals surface area (Å²) in [4.78, 5) is 8.32. The second kappa shape index (κ2) is 5.90. The molecule has 0 saturated carbocycles. The van der Waals surface area contributed by atoms with Crippen LogP contribution in [0.4, 0.5) is 0 Å². The van der Waals surface area contributed by atoms with Gasteiger partial charge >= 0.3 is 0 Å². The Balaban J connectivity index is 2.02. The molecule has 0 radical (unpaired) electrons. The number of nitrogens with zero attached hydrogens (tertiary/aromatic N) is 2. The van der Waals surface area contributed by atoms with E-state index < -0.39 is 5.60 Å². The third kappa shape index (κ3) is 3.77. The van der Waals surface area contributed by atoms with Crippen LogP contribution in [0.1, 0.15) is 48.7 Å². The van der Waals surface area contributed by atoms with Gasteiger partial charge in [-0.25, -0.2) is 4.98 Å². The molecule has 1 saturated heterocycles. The molecule has 2 heterocycles. The fourth-order valence-electron chi connectivity index (χ4n) is 2.79. The summed E-state index contributed by atoms with van der Waals surface area (Å²) < 4.78 is 0. The van der Waals surface area contributed by atoms with Crippen molar-refractivity contribution in [2.24, 2.45) is 0 Å². The quantitative estimate of drug-likeness (QED) is 0.926. The van der Waals surface area contributed by atoms with Crippen LogP contribution < -0.4 is 0 Å². The summed E-state index contributed by atoms with van der Waals surface area (Å²) in [7, 11) is 0. The second-order valence-electron chi connectivity index (χ2n) is 6.13. The van der Waals surface area contributed by atoms with Crippen molar-refractivity contribution >= 4 is 11.3 Å². The molecule has 1 aliphatic heterocycles. The number of hydrogen-bond donors (Lipinski definition) is 1. The van der Waals surface area contributed by atoms with E-state index in [1.807, 2.05) is 6.92 Å². The molecule has 1 aliphatic rings. The highest BCUT2D eigenvalue weighted by molar-refractivity contribution is 7.11. The summed E-state index contributed by atoms with van der Waals surface area (Å²) >= 11 is 1.74. The van der Waals surface area contributed by atoms with Gasteiger partial charge in [-0.2, -0.15) is 0 Å². The van der Waals surface area contributed by atoms with E-state index in [2.05, 4.69) is 30.7 Å². The highest BCUT2D eigenvalue weighted by Gasteiger charge is 2.32. The average Bonchev–Trinajstić information content (AvgIpc) is 2.51. The first-order valence-electron chi connectivity index (χ1n) is 7.29. The lowest BCUT2D eigenvalue weighted by Crippen LogP contribution is -2.35. The Bertz CT molecular complexity index is 410. The number of thiazole rings is 1. The molecule has 1 atom stereocenters. The molecule has 0 bridgehead atoms. The van der Waals surface area contributed by atoms with Gasteiger partial charge < -0.3 is 10.0 Å². The Morgan fingerprint density at radius 2 is 2.05 bits per heavy atom. The van der Waals surface area contributed by atoms with E-state index >= 15 is 0 Å². The van der Waals surface area contributed by atoms with E-state index in [0.29, 0.717) is 6.04 Å². The van der Waals surface area contributed by atoms with Crippen molar-refractivity contribution in [3.63, 3.8) is 0 Å². The maximum absolute atomic E-state index is 10.8. The zero-order chi connectivity index (χ0) is 14.0. The minimum absolute atomic E-state index is 0.555. The van der Waals surface area contributed by atoms with E-state index in [1.165, 1.54) is 4.88 Å². The first kappa shape index (κ1) is 14.9. The summed E-state index contributed by atoms with van der Waals surface area (Å²) in [5.74, 6) is 0. The zero-order valence-electron chi connectivity index (χ0n) is 12.6. The van der Waals surface area contributed by atoms with E-state index in [-0.39, 0.29) is 0 Å². The predicted octanol–water partition coefficient (Wildman–Crippen LogP) is 2.93. The van der Waals surface area contributed by atoms with Crippen molar-refractivity contribution in [3.8, 4) is 0 Å². The van der Waals surface area contributed by atoms with Crippen molar-refractivity contribution < 1.29 is 5.11 Å². The van der Waals surface area contributed by atoms with Crippen LogP contribution in [0.2, 0.25) is 0 Å². The second-order valence-corrected chi connectivity index (χ2v) is 7.42. The summed E-state index contributed by atoms with van der Waals surface area (Å²) in [6.45, 7) is 10.7. The normalized spacial score (nSPS) is 25.8. The predicted molar refractivity (Wildman–Crippen MR) is 80.8 cm³/mol. The molecule has 3 nitrogen and oxygen atoms in total. The molecular weight excluding hydrogens is 256 g/mol. The van der Waals surface area contributed by atoms with Crippen LogP contribution in [-0.4, -0.2) is 39.7 Å². The van der Waals surface area contributed by atoms with Crippen LogP contribution in [0.3, 0.4) is 0 Å². The molecule has 1 aromatic rings. The van der Waals surface area contributed by atoms with Gasteiger partial charge in [0, 0.05) is 23.9 Å². The van der Waals surface area contributed by atoms with Gasteiger partial charge in [0.15, 0.2) is 0 Å². The highest BCUT2D eigenvalue weighted by Crippen LogP contribution is 2.29. The lowest BCUT2D eigenvalue weighted by Gasteiger charge is -2.27. The fraction of sp³-hybridized carbons (Fsp3) is 0.800. The summed E-state index contributed by atoms with van der Waals surface area (Å²) in [5, 5.41) is 11.9. The topological polar surface area (TPSA) is 36.4 Å². The van der Waals surface area contributed by atoms with Gasteiger partial charge in [-0.05, 0) is 53.5 Å². The highest BCUT2D eigenvalue weighted by atomic mass is 32.1. The fourth-order valence-corrected chi connectivity index (χ4v) is 3.86. The minimum atomic E-state index is -0.555. The minimum Gasteiger partial charge on any atom is -0.389 e. The van der Waals surface area contributed by atoms with Gasteiger partial charge in [-0.1, -0.05) is 0 Å². The monoisotopic (exact) mass is 282 g/mol. The zero-order valence-corrected chi connectivity index (χ0v) is 13.4. The molecule has 1 N–H and O–H groups in total. The molecule has 0 amide bonds. The van der Waals surface area contributed by atoms with Crippen LogP contribution in [-0.2, 0) is 6.42 Å². The first-order chi connectivity index (χ1) is 8.89. The Morgan fingerprint density at radius 1 is 1.32 bits per heavy atom. The lowest BCUT2D eigenvalue weighted by atomic mass is 9.91. The van der Waals surface area contributed by atoms with Gasteiger partial charge in [0.2, 0.25) is 0 Å². The van der Waals surface area contributed by atoms with Crippen molar-refractivity contribution in [1.29, 1.82) is 0 Å². The maximum atomic E-state index is 10.8. The number of hydrogen-bond acceptors (Lipinski definition) is 4. The molecule has 1 aromatic heterocycles. The molecule has 1 fully saturated rings. The maximum Gasteiger partial charge on any atom is 0.0959 e. The van der Waals surface area contributed by atoms with Crippen LogP contribution in [0.5, 0.6) is 0 Å². The Labute approximate surface area is 120 Å². The molecule has 0 aromatic carbocycles. The first-order valence-corrected chi connectivity index (χ1v) is 8.11. The SMILES string of the molecule is Cc1nc(CC2(O)CCCN(C(C)C)CC2)sc1C. The standard InChI is InChI=1S/C15H26N2OS/c1-11(2)17-8-5-6-15(18,7-9-17)10-14-16-12(3)13(4)19-14/h11,18H,5-10H2,1-4H3. The van der Waals surface area contributed by atoms with Crippen LogP contribution in [0.25, 0.3) is 0 Å². The lowest BCUT2D eigenvalue weighted by molar-refractivity contribution is 0.0248. The summed E-state index contributed by atoms with van der Waals surface area (Å²) in [6, 6.07) is 0.576. The van der Waals surface area contributed by atoms with Gasteiger partial charge in [0.05, 0.1) is 16.3 Å². The number of aryl methyl sites for hydroxylation is 2. The smallest absolute Gasteiger partial charge is 0.0959 e. The molecular formula is C15H26N2OS.